The zero-order valence-electron chi connectivity index (χ0n) is 10.3. The van der Waals surface area contributed by atoms with Gasteiger partial charge in [0.25, 0.3) is 5.91 Å². The van der Waals surface area contributed by atoms with Gasteiger partial charge in [-0.1, -0.05) is 6.92 Å². The molecule has 0 spiro atoms. The van der Waals surface area contributed by atoms with Gasteiger partial charge < -0.3 is 11.1 Å². The molecular formula is C12H18N4O. The molecule has 1 aromatic heterocycles. The van der Waals surface area contributed by atoms with Gasteiger partial charge in [-0.25, -0.2) is 0 Å². The molecule has 5 nitrogen and oxygen atoms in total. The first-order chi connectivity index (χ1) is 8.11. The second-order valence-corrected chi connectivity index (χ2v) is 3.75. The highest BCUT2D eigenvalue weighted by atomic mass is 16.2. The number of rotatable bonds is 5. The van der Waals surface area contributed by atoms with Crippen molar-refractivity contribution in [2.45, 2.75) is 26.2 Å². The maximum Gasteiger partial charge on any atom is 0.271 e. The Hall–Kier alpha value is -1.96. The number of nitrogen functional groups attached to an aromatic ring is 1. The Morgan fingerprint density at radius 1 is 1.65 bits per heavy atom. The molecular weight excluding hydrogens is 216 g/mol. The Morgan fingerprint density at radius 2 is 2.35 bits per heavy atom. The van der Waals surface area contributed by atoms with Crippen molar-refractivity contribution in [1.82, 2.24) is 15.1 Å². The molecule has 0 fully saturated rings. The normalized spacial score (nSPS) is 9.94. The predicted octanol–water partition coefficient (Wildman–Crippen LogP) is 0.708. The standard InChI is InChI=1S/C12H18N4O/c1-4-6-7-8-14-12(17)11-10(13)9(5-2)15-16(11)3/h1H,5-8,13H2,2-3H3,(H,14,17). The summed E-state index contributed by atoms with van der Waals surface area (Å²) in [4.78, 5) is 11.9. The van der Waals surface area contributed by atoms with E-state index in [0.717, 1.165) is 12.1 Å². The van der Waals surface area contributed by atoms with Crippen LogP contribution in [0.25, 0.3) is 0 Å². The fourth-order valence-electron chi connectivity index (χ4n) is 1.60. The Morgan fingerprint density at radius 3 is 2.88 bits per heavy atom. The van der Waals surface area contributed by atoms with Crippen molar-refractivity contribution in [2.24, 2.45) is 7.05 Å². The molecule has 0 saturated carbocycles. The Labute approximate surface area is 101 Å². The monoisotopic (exact) mass is 234 g/mol. The number of anilines is 1. The van der Waals surface area contributed by atoms with Crippen LogP contribution in [0.2, 0.25) is 0 Å². The van der Waals surface area contributed by atoms with Gasteiger partial charge in [0, 0.05) is 20.0 Å². The number of carbonyl (C=O) groups excluding carboxylic acids is 1. The van der Waals surface area contributed by atoms with E-state index in [1.54, 1.807) is 7.05 Å². The van der Waals surface area contributed by atoms with Crippen LogP contribution >= 0.6 is 0 Å². The summed E-state index contributed by atoms with van der Waals surface area (Å²) >= 11 is 0. The minimum absolute atomic E-state index is 0.200. The van der Waals surface area contributed by atoms with Crippen molar-refractivity contribution in [3.8, 4) is 12.3 Å². The number of hydrogen-bond acceptors (Lipinski definition) is 3. The fourth-order valence-corrected chi connectivity index (χ4v) is 1.60. The van der Waals surface area contributed by atoms with Crippen LogP contribution in [0.5, 0.6) is 0 Å². The van der Waals surface area contributed by atoms with Crippen LogP contribution in [-0.2, 0) is 13.5 Å². The lowest BCUT2D eigenvalue weighted by atomic mass is 10.2. The van der Waals surface area contributed by atoms with Gasteiger partial charge in [-0.3, -0.25) is 9.48 Å². The van der Waals surface area contributed by atoms with E-state index in [9.17, 15) is 4.79 Å². The summed E-state index contributed by atoms with van der Waals surface area (Å²) in [6, 6.07) is 0. The maximum absolute atomic E-state index is 11.9. The molecule has 0 atom stereocenters. The van der Waals surface area contributed by atoms with Crippen LogP contribution < -0.4 is 11.1 Å². The van der Waals surface area contributed by atoms with Crippen LogP contribution in [0.1, 0.15) is 35.9 Å². The molecule has 1 rings (SSSR count). The number of carbonyl (C=O) groups is 1. The second-order valence-electron chi connectivity index (χ2n) is 3.75. The highest BCUT2D eigenvalue weighted by Gasteiger charge is 2.18. The third kappa shape index (κ3) is 3.00. The first-order valence-corrected chi connectivity index (χ1v) is 5.64. The molecule has 0 aliphatic rings. The van der Waals surface area contributed by atoms with Gasteiger partial charge >= 0.3 is 0 Å². The topological polar surface area (TPSA) is 72.9 Å². The lowest BCUT2D eigenvalue weighted by Gasteiger charge is -2.05. The largest absolute Gasteiger partial charge is 0.395 e. The quantitative estimate of drug-likeness (QED) is 0.582. The molecule has 5 heteroatoms. The molecule has 0 saturated heterocycles. The number of hydrogen-bond donors (Lipinski definition) is 2. The summed E-state index contributed by atoms with van der Waals surface area (Å²) in [5.41, 5.74) is 7.50. The molecule has 0 aliphatic carbocycles. The molecule has 0 radical (unpaired) electrons. The second kappa shape index (κ2) is 5.94. The minimum atomic E-state index is -0.200. The van der Waals surface area contributed by atoms with E-state index in [0.29, 0.717) is 30.8 Å². The molecule has 3 N–H and O–H groups in total. The SMILES string of the molecule is C#CCCCNC(=O)c1c(N)c(CC)nn1C. The van der Waals surface area contributed by atoms with E-state index in [2.05, 4.69) is 16.3 Å². The average Bonchev–Trinajstić information content (AvgIpc) is 2.59. The zero-order chi connectivity index (χ0) is 12.8. The molecule has 0 unspecified atom stereocenters. The number of terminal acetylenes is 1. The zero-order valence-corrected chi connectivity index (χ0v) is 10.3. The van der Waals surface area contributed by atoms with Gasteiger partial charge in [-0.15, -0.1) is 12.3 Å². The molecule has 1 amide bonds. The highest BCUT2D eigenvalue weighted by Crippen LogP contribution is 2.16. The molecule has 92 valence electrons. The van der Waals surface area contributed by atoms with Crippen LogP contribution in [0.15, 0.2) is 0 Å². The molecule has 1 heterocycles. The lowest BCUT2D eigenvalue weighted by molar-refractivity contribution is 0.0945. The van der Waals surface area contributed by atoms with Crippen molar-refractivity contribution in [3.05, 3.63) is 11.4 Å². The molecule has 0 aliphatic heterocycles. The van der Waals surface area contributed by atoms with Gasteiger partial charge in [0.15, 0.2) is 0 Å². The van der Waals surface area contributed by atoms with Gasteiger partial charge in [0.1, 0.15) is 5.69 Å². The van der Waals surface area contributed by atoms with E-state index >= 15 is 0 Å². The number of nitrogens with zero attached hydrogens (tertiary/aromatic N) is 2. The highest BCUT2D eigenvalue weighted by molar-refractivity contribution is 5.97. The summed E-state index contributed by atoms with van der Waals surface area (Å²) in [6.07, 6.45) is 7.26. The number of amides is 1. The summed E-state index contributed by atoms with van der Waals surface area (Å²) in [6.45, 7) is 2.50. The van der Waals surface area contributed by atoms with Crippen LogP contribution in [0.3, 0.4) is 0 Å². The molecule has 17 heavy (non-hydrogen) atoms. The van der Waals surface area contributed by atoms with E-state index in [1.165, 1.54) is 4.68 Å². The maximum atomic E-state index is 11.9. The van der Waals surface area contributed by atoms with E-state index in [-0.39, 0.29) is 5.91 Å². The fraction of sp³-hybridized carbons (Fsp3) is 0.500. The van der Waals surface area contributed by atoms with Crippen molar-refractivity contribution in [3.63, 3.8) is 0 Å². The van der Waals surface area contributed by atoms with Crippen LogP contribution in [0.4, 0.5) is 5.69 Å². The number of aryl methyl sites for hydroxylation is 2. The van der Waals surface area contributed by atoms with Gasteiger partial charge in [-0.2, -0.15) is 5.10 Å². The lowest BCUT2D eigenvalue weighted by Crippen LogP contribution is -2.27. The van der Waals surface area contributed by atoms with Crippen molar-refractivity contribution in [2.75, 3.05) is 12.3 Å². The van der Waals surface area contributed by atoms with Crippen molar-refractivity contribution >= 4 is 11.6 Å². The Bertz CT molecular complexity index is 442. The first-order valence-electron chi connectivity index (χ1n) is 5.64. The van der Waals surface area contributed by atoms with Crippen molar-refractivity contribution in [1.29, 1.82) is 0 Å². The predicted molar refractivity (Wildman–Crippen MR) is 67.4 cm³/mol. The summed E-state index contributed by atoms with van der Waals surface area (Å²) in [7, 11) is 1.71. The van der Waals surface area contributed by atoms with E-state index in [4.69, 9.17) is 12.2 Å². The summed E-state index contributed by atoms with van der Waals surface area (Å²) < 4.78 is 1.52. The van der Waals surface area contributed by atoms with Gasteiger partial charge in [-0.05, 0) is 12.8 Å². The van der Waals surface area contributed by atoms with Crippen molar-refractivity contribution < 1.29 is 4.79 Å². The van der Waals surface area contributed by atoms with Gasteiger partial charge in [0.05, 0.1) is 11.4 Å². The molecule has 0 aromatic carbocycles. The van der Waals surface area contributed by atoms with Crippen LogP contribution in [-0.4, -0.2) is 22.2 Å². The summed E-state index contributed by atoms with van der Waals surface area (Å²) in [5, 5.41) is 6.97. The Kier molecular flexibility index (Phi) is 4.58. The molecule has 0 bridgehead atoms. The number of nitrogens with one attached hydrogen (secondary N) is 1. The molecule has 1 aromatic rings. The number of nitrogens with two attached hydrogens (primary N) is 1. The van der Waals surface area contributed by atoms with Crippen LogP contribution in [0, 0.1) is 12.3 Å². The number of aromatic nitrogens is 2. The third-order valence-corrected chi connectivity index (χ3v) is 2.49. The first kappa shape index (κ1) is 13.1. The average molecular weight is 234 g/mol. The Balaban J connectivity index is 2.69. The van der Waals surface area contributed by atoms with E-state index in [1.807, 2.05) is 6.92 Å². The third-order valence-electron chi connectivity index (χ3n) is 2.49. The van der Waals surface area contributed by atoms with E-state index < -0.39 is 0 Å². The smallest absolute Gasteiger partial charge is 0.271 e. The summed E-state index contributed by atoms with van der Waals surface area (Å²) in [5.74, 6) is 2.32. The van der Waals surface area contributed by atoms with Gasteiger partial charge in [0.2, 0.25) is 0 Å². The number of unbranched alkanes of at least 4 members (excludes halogenated alkanes) is 1. The minimum Gasteiger partial charge on any atom is -0.395 e.